The lowest BCUT2D eigenvalue weighted by Gasteiger charge is -2.13. The third-order valence-electron chi connectivity index (χ3n) is 3.15. The van der Waals surface area contributed by atoms with E-state index in [0.717, 1.165) is 11.3 Å². The van der Waals surface area contributed by atoms with Crippen molar-refractivity contribution in [2.75, 3.05) is 0 Å². The monoisotopic (exact) mass is 248 g/mol. The topological polar surface area (TPSA) is 33.4 Å². The number of benzene rings is 1. The van der Waals surface area contributed by atoms with Crippen molar-refractivity contribution in [2.45, 2.75) is 33.8 Å². The number of rotatable bonds is 2. The molecule has 0 saturated heterocycles. The molecule has 1 aromatic heterocycles. The molecule has 2 aromatic rings. The second-order valence-electron chi connectivity index (χ2n) is 4.74. The molecule has 1 unspecified atom stereocenters. The summed E-state index contributed by atoms with van der Waals surface area (Å²) in [5.74, 6) is 1.24. The average molecular weight is 248 g/mol. The molecule has 0 spiro atoms. The fraction of sp³-hybridized carbons (Fsp3) is 0.333. The Bertz CT molecular complexity index is 561. The molecule has 0 saturated carbocycles. The molecular weight excluding hydrogens is 231 g/mol. The summed E-state index contributed by atoms with van der Waals surface area (Å²) in [6, 6.07) is 5.16. The van der Waals surface area contributed by atoms with Gasteiger partial charge in [0.05, 0.1) is 0 Å². The molecule has 3 heteroatoms. The Kier molecular flexibility index (Phi) is 3.26. The van der Waals surface area contributed by atoms with Crippen LogP contribution in [-0.4, -0.2) is 5.11 Å². The van der Waals surface area contributed by atoms with E-state index in [4.69, 9.17) is 4.42 Å². The van der Waals surface area contributed by atoms with Crippen LogP contribution in [0.4, 0.5) is 4.39 Å². The van der Waals surface area contributed by atoms with Crippen LogP contribution in [-0.2, 0) is 0 Å². The first kappa shape index (κ1) is 12.8. The van der Waals surface area contributed by atoms with Gasteiger partial charge in [0.15, 0.2) is 0 Å². The number of furan rings is 1. The van der Waals surface area contributed by atoms with Gasteiger partial charge in [0.2, 0.25) is 0 Å². The van der Waals surface area contributed by atoms with Crippen LogP contribution in [0.2, 0.25) is 0 Å². The summed E-state index contributed by atoms with van der Waals surface area (Å²) >= 11 is 0. The van der Waals surface area contributed by atoms with Crippen molar-refractivity contribution >= 4 is 0 Å². The maximum atomic E-state index is 13.6. The van der Waals surface area contributed by atoms with Crippen LogP contribution in [0, 0.1) is 33.5 Å². The molecule has 0 amide bonds. The average Bonchev–Trinajstić information content (AvgIpc) is 2.63. The molecule has 18 heavy (non-hydrogen) atoms. The van der Waals surface area contributed by atoms with Crippen LogP contribution in [0.3, 0.4) is 0 Å². The van der Waals surface area contributed by atoms with Crippen LogP contribution in [0.25, 0.3) is 0 Å². The zero-order chi connectivity index (χ0) is 13.4. The molecule has 1 N–H and O–H groups in total. The molecule has 2 rings (SSSR count). The lowest BCUT2D eigenvalue weighted by molar-refractivity contribution is 0.217. The smallest absolute Gasteiger partial charge is 0.129 e. The number of hydrogen-bond acceptors (Lipinski definition) is 2. The van der Waals surface area contributed by atoms with Crippen LogP contribution < -0.4 is 0 Å². The Hall–Kier alpha value is -1.61. The van der Waals surface area contributed by atoms with Gasteiger partial charge in [-0.2, -0.15) is 0 Å². The summed E-state index contributed by atoms with van der Waals surface area (Å²) in [5, 5.41) is 10.3. The van der Waals surface area contributed by atoms with Gasteiger partial charge in [0, 0.05) is 5.56 Å². The summed E-state index contributed by atoms with van der Waals surface area (Å²) in [4.78, 5) is 0. The van der Waals surface area contributed by atoms with E-state index in [2.05, 4.69) is 0 Å². The van der Waals surface area contributed by atoms with Gasteiger partial charge in [-0.3, -0.25) is 0 Å². The predicted octanol–water partition coefficient (Wildman–Crippen LogP) is 3.73. The molecule has 1 aromatic carbocycles. The largest absolute Gasteiger partial charge is 0.466 e. The first-order valence-electron chi connectivity index (χ1n) is 5.91. The molecule has 0 aliphatic rings. The van der Waals surface area contributed by atoms with E-state index in [1.807, 2.05) is 19.9 Å². The quantitative estimate of drug-likeness (QED) is 0.878. The highest BCUT2D eigenvalue weighted by atomic mass is 19.1. The number of aliphatic hydroxyl groups excluding tert-OH is 1. The summed E-state index contributed by atoms with van der Waals surface area (Å²) in [5.41, 5.74) is 2.51. The molecule has 0 bridgehead atoms. The van der Waals surface area contributed by atoms with Crippen molar-refractivity contribution in [1.82, 2.24) is 0 Å². The number of aliphatic hydroxyl groups is 1. The highest BCUT2D eigenvalue weighted by Gasteiger charge is 2.18. The van der Waals surface area contributed by atoms with Crippen LogP contribution in [0.5, 0.6) is 0 Å². The standard InChI is InChI=1S/C15H17FO2/c1-8-5-12(6-9(2)14(8)16)15(17)13-7-10(3)18-11(13)4/h5-7,15,17H,1-4H3. The summed E-state index contributed by atoms with van der Waals surface area (Å²) < 4.78 is 19.0. The second kappa shape index (κ2) is 4.58. The predicted molar refractivity (Wildman–Crippen MR) is 68.1 cm³/mol. The molecule has 0 aliphatic heterocycles. The summed E-state index contributed by atoms with van der Waals surface area (Å²) in [6.07, 6.45) is -0.777. The van der Waals surface area contributed by atoms with Crippen LogP contribution >= 0.6 is 0 Å². The molecule has 2 nitrogen and oxygen atoms in total. The first-order chi connectivity index (χ1) is 8.40. The van der Waals surface area contributed by atoms with E-state index in [-0.39, 0.29) is 5.82 Å². The normalized spacial score (nSPS) is 12.8. The maximum absolute atomic E-state index is 13.6. The zero-order valence-electron chi connectivity index (χ0n) is 11.0. The van der Waals surface area contributed by atoms with E-state index in [1.165, 1.54) is 0 Å². The number of halogens is 1. The van der Waals surface area contributed by atoms with Gasteiger partial charge in [0.25, 0.3) is 0 Å². The van der Waals surface area contributed by atoms with Crippen molar-refractivity contribution in [1.29, 1.82) is 0 Å². The Labute approximate surface area is 106 Å². The lowest BCUT2D eigenvalue weighted by atomic mass is 9.98. The molecule has 96 valence electrons. The highest BCUT2D eigenvalue weighted by Crippen LogP contribution is 2.29. The van der Waals surface area contributed by atoms with Crippen molar-refractivity contribution < 1.29 is 13.9 Å². The van der Waals surface area contributed by atoms with Crippen LogP contribution in [0.15, 0.2) is 22.6 Å². The fourth-order valence-electron chi connectivity index (χ4n) is 2.24. The molecule has 0 aliphatic carbocycles. The van der Waals surface area contributed by atoms with E-state index >= 15 is 0 Å². The summed E-state index contributed by atoms with van der Waals surface area (Å²) in [7, 11) is 0. The number of aryl methyl sites for hydroxylation is 4. The maximum Gasteiger partial charge on any atom is 0.129 e. The van der Waals surface area contributed by atoms with Gasteiger partial charge >= 0.3 is 0 Å². The van der Waals surface area contributed by atoms with Gasteiger partial charge in [-0.25, -0.2) is 4.39 Å². The lowest BCUT2D eigenvalue weighted by Crippen LogP contribution is -2.02. The Morgan fingerprint density at radius 1 is 1.06 bits per heavy atom. The first-order valence-corrected chi connectivity index (χ1v) is 5.91. The van der Waals surface area contributed by atoms with Gasteiger partial charge in [-0.1, -0.05) is 12.1 Å². The van der Waals surface area contributed by atoms with Crippen molar-refractivity contribution in [3.63, 3.8) is 0 Å². The zero-order valence-corrected chi connectivity index (χ0v) is 11.0. The van der Waals surface area contributed by atoms with Crippen molar-refractivity contribution in [3.05, 3.63) is 57.8 Å². The van der Waals surface area contributed by atoms with E-state index < -0.39 is 6.10 Å². The molecular formula is C15H17FO2. The van der Waals surface area contributed by atoms with Crippen molar-refractivity contribution in [2.24, 2.45) is 0 Å². The Balaban J connectivity index is 2.46. The van der Waals surface area contributed by atoms with E-state index in [1.54, 1.807) is 26.0 Å². The third-order valence-corrected chi connectivity index (χ3v) is 3.15. The minimum atomic E-state index is -0.777. The second-order valence-corrected chi connectivity index (χ2v) is 4.74. The SMILES string of the molecule is Cc1cc(C(O)c2cc(C)c(F)c(C)c2)c(C)o1. The number of hydrogen-bond donors (Lipinski definition) is 1. The fourth-order valence-corrected chi connectivity index (χ4v) is 2.24. The molecule has 0 fully saturated rings. The minimum Gasteiger partial charge on any atom is -0.466 e. The molecule has 1 atom stereocenters. The third kappa shape index (κ3) is 2.18. The van der Waals surface area contributed by atoms with Crippen molar-refractivity contribution in [3.8, 4) is 0 Å². The minimum absolute atomic E-state index is 0.217. The van der Waals surface area contributed by atoms with E-state index in [9.17, 15) is 9.50 Å². The van der Waals surface area contributed by atoms with Crippen LogP contribution in [0.1, 0.15) is 39.9 Å². The molecule has 0 radical (unpaired) electrons. The highest BCUT2D eigenvalue weighted by molar-refractivity contribution is 5.37. The van der Waals surface area contributed by atoms with Gasteiger partial charge < -0.3 is 9.52 Å². The van der Waals surface area contributed by atoms with Gasteiger partial charge in [-0.05, 0) is 50.5 Å². The Morgan fingerprint density at radius 2 is 1.61 bits per heavy atom. The van der Waals surface area contributed by atoms with Gasteiger partial charge in [-0.15, -0.1) is 0 Å². The Morgan fingerprint density at radius 3 is 2.06 bits per heavy atom. The molecule has 1 heterocycles. The van der Waals surface area contributed by atoms with E-state index in [0.29, 0.717) is 22.5 Å². The summed E-state index contributed by atoms with van der Waals surface area (Å²) in [6.45, 7) is 7.05. The van der Waals surface area contributed by atoms with Gasteiger partial charge in [0.1, 0.15) is 23.4 Å².